The van der Waals surface area contributed by atoms with E-state index in [1.165, 1.54) is 6.92 Å². The summed E-state index contributed by atoms with van der Waals surface area (Å²) in [6.45, 7) is 1.42. The van der Waals surface area contributed by atoms with Gasteiger partial charge < -0.3 is 11.1 Å². The summed E-state index contributed by atoms with van der Waals surface area (Å²) in [6.07, 6.45) is 5.02. The lowest BCUT2D eigenvalue weighted by Crippen LogP contribution is -2.35. The Morgan fingerprint density at radius 3 is 2.76 bits per heavy atom. The van der Waals surface area contributed by atoms with E-state index in [-0.39, 0.29) is 17.7 Å². The van der Waals surface area contributed by atoms with Gasteiger partial charge in [0.2, 0.25) is 5.91 Å². The first-order valence-electron chi connectivity index (χ1n) is 4.91. The van der Waals surface area contributed by atoms with E-state index in [9.17, 15) is 13.6 Å². The number of aryl methyl sites for hydroxylation is 1. The second-order valence-electron chi connectivity index (χ2n) is 3.59. The second-order valence-corrected chi connectivity index (χ2v) is 3.59. The molecule has 1 rings (SSSR count). The van der Waals surface area contributed by atoms with Crippen LogP contribution in [-0.4, -0.2) is 11.9 Å². The average molecular weight is 238 g/mol. The number of nitrogens with one attached hydrogen (secondary N) is 1. The van der Waals surface area contributed by atoms with E-state index in [1.54, 1.807) is 0 Å². The van der Waals surface area contributed by atoms with Gasteiger partial charge in [0, 0.05) is 12.5 Å². The Morgan fingerprint density at radius 1 is 1.53 bits per heavy atom. The number of anilines is 1. The van der Waals surface area contributed by atoms with Crippen LogP contribution in [0.25, 0.3) is 0 Å². The number of terminal acetylenes is 1. The van der Waals surface area contributed by atoms with Gasteiger partial charge in [0.1, 0.15) is 11.6 Å². The fourth-order valence-electron chi connectivity index (χ4n) is 1.19. The van der Waals surface area contributed by atoms with Gasteiger partial charge in [-0.05, 0) is 18.6 Å². The molecule has 1 unspecified atom stereocenters. The molecule has 0 aromatic heterocycles. The Balaban J connectivity index is 2.86. The van der Waals surface area contributed by atoms with Crippen LogP contribution in [0, 0.1) is 30.9 Å². The van der Waals surface area contributed by atoms with Gasteiger partial charge in [-0.25, -0.2) is 8.78 Å². The number of benzene rings is 1. The van der Waals surface area contributed by atoms with Crippen LogP contribution in [0.3, 0.4) is 0 Å². The molecule has 1 aromatic carbocycles. The molecule has 0 aliphatic rings. The molecule has 5 heteroatoms. The average Bonchev–Trinajstić information content (AvgIpc) is 2.26. The van der Waals surface area contributed by atoms with Crippen LogP contribution in [0.4, 0.5) is 14.5 Å². The minimum Gasteiger partial charge on any atom is -0.322 e. The standard InChI is InChI=1S/C12H12F2N2O/c1-3-4-10(15)12(17)16-11-6-8(13)7(2)5-9(11)14/h1,5-6,10H,4,15H2,2H3,(H,16,17). The maximum Gasteiger partial charge on any atom is 0.242 e. The maximum absolute atomic E-state index is 13.4. The van der Waals surface area contributed by atoms with Crippen molar-refractivity contribution in [2.24, 2.45) is 5.73 Å². The molecule has 0 radical (unpaired) electrons. The molecule has 1 atom stereocenters. The third-order valence-electron chi connectivity index (χ3n) is 2.18. The minimum atomic E-state index is -0.941. The predicted molar refractivity (Wildman–Crippen MR) is 61.2 cm³/mol. The van der Waals surface area contributed by atoms with Crippen molar-refractivity contribution < 1.29 is 13.6 Å². The van der Waals surface area contributed by atoms with Gasteiger partial charge in [0.15, 0.2) is 0 Å². The Hall–Kier alpha value is -1.93. The molecule has 0 aliphatic heterocycles. The summed E-state index contributed by atoms with van der Waals surface area (Å²) in [4.78, 5) is 11.4. The van der Waals surface area contributed by atoms with Gasteiger partial charge in [0.25, 0.3) is 0 Å². The molecule has 0 saturated carbocycles. The number of rotatable bonds is 3. The normalized spacial score (nSPS) is 11.7. The van der Waals surface area contributed by atoms with Crippen LogP contribution in [-0.2, 0) is 4.79 Å². The second kappa shape index (κ2) is 5.41. The van der Waals surface area contributed by atoms with E-state index in [1.807, 2.05) is 0 Å². The lowest BCUT2D eigenvalue weighted by molar-refractivity contribution is -0.117. The van der Waals surface area contributed by atoms with Crippen molar-refractivity contribution in [3.8, 4) is 12.3 Å². The van der Waals surface area contributed by atoms with Gasteiger partial charge in [0.05, 0.1) is 11.7 Å². The molecule has 3 N–H and O–H groups in total. The third-order valence-corrected chi connectivity index (χ3v) is 2.18. The van der Waals surface area contributed by atoms with E-state index in [0.717, 1.165) is 12.1 Å². The van der Waals surface area contributed by atoms with Crippen molar-refractivity contribution in [1.82, 2.24) is 0 Å². The molecule has 1 aromatic rings. The lowest BCUT2D eigenvalue weighted by atomic mass is 10.1. The molecular formula is C12H12F2N2O. The maximum atomic E-state index is 13.4. The fraction of sp³-hybridized carbons (Fsp3) is 0.250. The highest BCUT2D eigenvalue weighted by molar-refractivity contribution is 5.95. The number of hydrogen-bond donors (Lipinski definition) is 2. The first-order chi connectivity index (χ1) is 7.95. The zero-order valence-corrected chi connectivity index (χ0v) is 9.26. The Labute approximate surface area is 98.0 Å². The SMILES string of the molecule is C#CCC(N)C(=O)Nc1cc(F)c(C)cc1F. The first-order valence-corrected chi connectivity index (χ1v) is 4.91. The van der Waals surface area contributed by atoms with Gasteiger partial charge in [-0.15, -0.1) is 12.3 Å². The van der Waals surface area contributed by atoms with E-state index in [2.05, 4.69) is 11.2 Å². The van der Waals surface area contributed by atoms with Crippen molar-refractivity contribution in [2.45, 2.75) is 19.4 Å². The summed E-state index contributed by atoms with van der Waals surface area (Å²) >= 11 is 0. The molecule has 0 spiro atoms. The molecular weight excluding hydrogens is 226 g/mol. The van der Waals surface area contributed by atoms with Crippen molar-refractivity contribution >= 4 is 11.6 Å². The lowest BCUT2D eigenvalue weighted by Gasteiger charge is -2.11. The number of carbonyl (C=O) groups is 1. The Bertz CT molecular complexity index is 480. The van der Waals surface area contributed by atoms with E-state index >= 15 is 0 Å². The Morgan fingerprint density at radius 2 is 2.18 bits per heavy atom. The summed E-state index contributed by atoms with van der Waals surface area (Å²) in [7, 11) is 0. The number of nitrogens with two attached hydrogens (primary N) is 1. The van der Waals surface area contributed by atoms with Gasteiger partial charge in [-0.2, -0.15) is 0 Å². The van der Waals surface area contributed by atoms with E-state index in [4.69, 9.17) is 12.2 Å². The third kappa shape index (κ3) is 3.26. The largest absolute Gasteiger partial charge is 0.322 e. The summed E-state index contributed by atoms with van der Waals surface area (Å²) in [5.41, 5.74) is 5.34. The van der Waals surface area contributed by atoms with E-state index in [0.29, 0.717) is 0 Å². The highest BCUT2D eigenvalue weighted by atomic mass is 19.1. The van der Waals surface area contributed by atoms with Gasteiger partial charge in [-0.1, -0.05) is 0 Å². The topological polar surface area (TPSA) is 55.1 Å². The predicted octanol–water partition coefficient (Wildman–Crippen LogP) is 1.56. The monoisotopic (exact) mass is 238 g/mol. The van der Waals surface area contributed by atoms with Gasteiger partial charge in [-0.3, -0.25) is 4.79 Å². The molecule has 0 bridgehead atoms. The number of halogens is 2. The Kier molecular flexibility index (Phi) is 4.18. The first kappa shape index (κ1) is 13.1. The molecule has 90 valence electrons. The molecule has 17 heavy (non-hydrogen) atoms. The quantitative estimate of drug-likeness (QED) is 0.785. The number of hydrogen-bond acceptors (Lipinski definition) is 2. The summed E-state index contributed by atoms with van der Waals surface area (Å²) in [5.74, 6) is 0.246. The summed E-state index contributed by atoms with van der Waals surface area (Å²) in [6, 6.07) is 0.965. The zero-order valence-electron chi connectivity index (χ0n) is 9.26. The smallest absolute Gasteiger partial charge is 0.242 e. The summed E-state index contributed by atoms with van der Waals surface area (Å²) < 4.78 is 26.6. The van der Waals surface area contributed by atoms with Crippen molar-refractivity contribution in [1.29, 1.82) is 0 Å². The molecule has 1 amide bonds. The molecule has 0 heterocycles. The van der Waals surface area contributed by atoms with Crippen LogP contribution in [0.15, 0.2) is 12.1 Å². The zero-order chi connectivity index (χ0) is 13.0. The van der Waals surface area contributed by atoms with Crippen LogP contribution >= 0.6 is 0 Å². The molecule has 0 fully saturated rings. The van der Waals surface area contributed by atoms with Crippen LogP contribution in [0.1, 0.15) is 12.0 Å². The summed E-state index contributed by atoms with van der Waals surface area (Å²) in [5, 5.41) is 2.19. The van der Waals surface area contributed by atoms with Crippen LogP contribution in [0.2, 0.25) is 0 Å². The fourth-order valence-corrected chi connectivity index (χ4v) is 1.19. The van der Waals surface area contributed by atoms with Crippen molar-refractivity contribution in [2.75, 3.05) is 5.32 Å². The van der Waals surface area contributed by atoms with Crippen molar-refractivity contribution in [3.63, 3.8) is 0 Å². The molecule has 3 nitrogen and oxygen atoms in total. The molecule has 0 saturated heterocycles. The van der Waals surface area contributed by atoms with Gasteiger partial charge >= 0.3 is 0 Å². The van der Waals surface area contributed by atoms with Crippen LogP contribution < -0.4 is 11.1 Å². The highest BCUT2D eigenvalue weighted by Gasteiger charge is 2.15. The highest BCUT2D eigenvalue weighted by Crippen LogP contribution is 2.18. The number of carbonyl (C=O) groups excluding carboxylic acids is 1. The molecule has 0 aliphatic carbocycles. The van der Waals surface area contributed by atoms with E-state index < -0.39 is 23.6 Å². The van der Waals surface area contributed by atoms with Crippen LogP contribution in [0.5, 0.6) is 0 Å². The van der Waals surface area contributed by atoms with Crippen molar-refractivity contribution in [3.05, 3.63) is 29.3 Å². The minimum absolute atomic E-state index is 0.0296. The number of amides is 1.